The lowest BCUT2D eigenvalue weighted by Crippen LogP contribution is -2.22. The summed E-state index contributed by atoms with van der Waals surface area (Å²) in [5, 5.41) is 29.3. The average molecular weight is 436 g/mol. The van der Waals surface area contributed by atoms with Crippen molar-refractivity contribution in [2.75, 3.05) is 18.5 Å². The van der Waals surface area contributed by atoms with Gasteiger partial charge in [0.2, 0.25) is 0 Å². The van der Waals surface area contributed by atoms with Gasteiger partial charge >= 0.3 is 5.97 Å². The lowest BCUT2D eigenvalue weighted by Gasteiger charge is -2.21. The zero-order chi connectivity index (χ0) is 20.0. The average Bonchev–Trinajstić information content (AvgIpc) is 2.64. The molecule has 27 heavy (non-hydrogen) atoms. The number of aliphatic hydroxyl groups is 1. The first-order valence-electron chi connectivity index (χ1n) is 8.37. The van der Waals surface area contributed by atoms with Crippen LogP contribution in [0, 0.1) is 5.41 Å². The Bertz CT molecular complexity index is 824. The van der Waals surface area contributed by atoms with E-state index in [1.807, 2.05) is 13.0 Å². The van der Waals surface area contributed by atoms with E-state index in [0.29, 0.717) is 27.0 Å². The molecule has 1 atom stereocenters. The number of nitrogens with one attached hydrogen (secondary N) is 2. The van der Waals surface area contributed by atoms with Crippen molar-refractivity contribution < 1.29 is 19.7 Å². The first-order chi connectivity index (χ1) is 12.9. The first kappa shape index (κ1) is 20.7. The van der Waals surface area contributed by atoms with Crippen molar-refractivity contribution in [3.8, 4) is 5.75 Å². The van der Waals surface area contributed by atoms with E-state index in [9.17, 15) is 9.90 Å². The van der Waals surface area contributed by atoms with Crippen molar-refractivity contribution in [3.63, 3.8) is 0 Å². The molecule has 0 amide bonds. The summed E-state index contributed by atoms with van der Waals surface area (Å²) < 4.78 is 6.22. The predicted octanol–water partition coefficient (Wildman–Crippen LogP) is 2.90. The molecule has 8 heteroatoms. The molecule has 0 aliphatic rings. The molecule has 2 aromatic carbocycles. The van der Waals surface area contributed by atoms with Gasteiger partial charge in [0.1, 0.15) is 18.2 Å². The van der Waals surface area contributed by atoms with Crippen LogP contribution < -0.4 is 15.8 Å². The van der Waals surface area contributed by atoms with E-state index in [0.717, 1.165) is 12.0 Å². The highest BCUT2D eigenvalue weighted by molar-refractivity contribution is 9.10. The molecule has 6 N–H and O–H groups in total. The van der Waals surface area contributed by atoms with Crippen molar-refractivity contribution in [2.45, 2.75) is 19.4 Å². The zero-order valence-electron chi connectivity index (χ0n) is 14.8. The zero-order valence-corrected chi connectivity index (χ0v) is 16.4. The van der Waals surface area contributed by atoms with Crippen LogP contribution >= 0.6 is 15.9 Å². The van der Waals surface area contributed by atoms with Crippen LogP contribution in [0.15, 0.2) is 40.9 Å². The third kappa shape index (κ3) is 5.21. The molecule has 0 aliphatic carbocycles. The Hall–Kier alpha value is -2.58. The normalized spacial score (nSPS) is 11.7. The lowest BCUT2D eigenvalue weighted by molar-refractivity contribution is -0.138. The number of carboxylic acid groups (broad SMARTS) is 1. The topological polar surface area (TPSA) is 129 Å². The second-order valence-electron chi connectivity index (χ2n) is 5.83. The molecule has 0 saturated carbocycles. The van der Waals surface area contributed by atoms with E-state index in [4.69, 9.17) is 21.0 Å². The number of aliphatic carboxylic acids is 1. The van der Waals surface area contributed by atoms with Crippen LogP contribution in [0.1, 0.15) is 29.7 Å². The SMILES string of the molecule is CCc1cc(Br)c(OCCO)c(C(Nc2ccc(C(=N)N)cc2)C(=O)O)c1. The molecule has 0 spiro atoms. The highest BCUT2D eigenvalue weighted by atomic mass is 79.9. The molecular formula is C19H22BrN3O4. The number of amidine groups is 1. The predicted molar refractivity (Wildman–Crippen MR) is 108 cm³/mol. The van der Waals surface area contributed by atoms with E-state index in [1.54, 1.807) is 30.3 Å². The van der Waals surface area contributed by atoms with E-state index in [-0.39, 0.29) is 19.0 Å². The van der Waals surface area contributed by atoms with Crippen molar-refractivity contribution in [1.82, 2.24) is 0 Å². The third-order valence-electron chi connectivity index (χ3n) is 3.94. The summed E-state index contributed by atoms with van der Waals surface area (Å²) in [5.74, 6) is -0.753. The summed E-state index contributed by atoms with van der Waals surface area (Å²) in [5.41, 5.74) is 7.97. The van der Waals surface area contributed by atoms with Gasteiger partial charge in [0.25, 0.3) is 0 Å². The number of nitrogens with two attached hydrogens (primary N) is 1. The van der Waals surface area contributed by atoms with Crippen molar-refractivity contribution in [1.29, 1.82) is 5.41 Å². The van der Waals surface area contributed by atoms with Gasteiger partial charge in [0, 0.05) is 16.8 Å². The number of nitrogen functional groups attached to an aromatic ring is 1. The van der Waals surface area contributed by atoms with E-state index in [1.165, 1.54) is 0 Å². The molecule has 0 heterocycles. The summed E-state index contributed by atoms with van der Waals surface area (Å²) in [6.45, 7) is 1.85. The molecular weight excluding hydrogens is 414 g/mol. The maximum absolute atomic E-state index is 12.0. The fraction of sp³-hybridized carbons (Fsp3) is 0.263. The molecule has 144 valence electrons. The molecule has 0 radical (unpaired) electrons. The lowest BCUT2D eigenvalue weighted by atomic mass is 10.0. The number of hydrogen-bond donors (Lipinski definition) is 5. The molecule has 7 nitrogen and oxygen atoms in total. The number of carboxylic acids is 1. The first-order valence-corrected chi connectivity index (χ1v) is 9.16. The Morgan fingerprint density at radius 2 is 2.00 bits per heavy atom. The monoisotopic (exact) mass is 435 g/mol. The highest BCUT2D eigenvalue weighted by Gasteiger charge is 2.26. The Balaban J connectivity index is 2.43. The van der Waals surface area contributed by atoms with Gasteiger partial charge in [-0.05, 0) is 64.3 Å². The fourth-order valence-corrected chi connectivity index (χ4v) is 3.21. The Morgan fingerprint density at radius 1 is 1.33 bits per heavy atom. The molecule has 2 aromatic rings. The maximum atomic E-state index is 12.0. The third-order valence-corrected chi connectivity index (χ3v) is 4.53. The van der Waals surface area contributed by atoms with Crippen molar-refractivity contribution >= 4 is 33.4 Å². The number of aliphatic hydroxyl groups excluding tert-OH is 1. The number of rotatable bonds is 9. The second-order valence-corrected chi connectivity index (χ2v) is 6.68. The summed E-state index contributed by atoms with van der Waals surface area (Å²) in [6, 6.07) is 9.21. The van der Waals surface area contributed by atoms with Gasteiger partial charge < -0.3 is 26.0 Å². The minimum atomic E-state index is -1.07. The molecule has 0 bridgehead atoms. The van der Waals surface area contributed by atoms with Crippen LogP contribution in [0.5, 0.6) is 5.75 Å². The highest BCUT2D eigenvalue weighted by Crippen LogP contribution is 2.36. The van der Waals surface area contributed by atoms with E-state index >= 15 is 0 Å². The van der Waals surface area contributed by atoms with Gasteiger partial charge in [-0.1, -0.05) is 6.92 Å². The van der Waals surface area contributed by atoms with Gasteiger partial charge in [-0.15, -0.1) is 0 Å². The number of halogens is 1. The summed E-state index contributed by atoms with van der Waals surface area (Å²) in [6.07, 6.45) is 0.728. The summed E-state index contributed by atoms with van der Waals surface area (Å²) >= 11 is 3.43. The largest absolute Gasteiger partial charge is 0.490 e. The Morgan fingerprint density at radius 3 is 2.52 bits per heavy atom. The number of anilines is 1. The Labute approximate surface area is 165 Å². The number of aryl methyl sites for hydroxylation is 1. The van der Waals surface area contributed by atoms with Gasteiger partial charge in [0.15, 0.2) is 6.04 Å². The van der Waals surface area contributed by atoms with Crippen molar-refractivity contribution in [3.05, 3.63) is 57.6 Å². The number of hydrogen-bond acceptors (Lipinski definition) is 5. The van der Waals surface area contributed by atoms with Crippen LogP contribution in [0.2, 0.25) is 0 Å². The maximum Gasteiger partial charge on any atom is 0.330 e. The molecule has 0 aromatic heterocycles. The fourth-order valence-electron chi connectivity index (χ4n) is 2.58. The van der Waals surface area contributed by atoms with E-state index < -0.39 is 12.0 Å². The number of benzene rings is 2. The second kappa shape index (κ2) is 9.38. The van der Waals surface area contributed by atoms with Crippen LogP contribution in [-0.4, -0.2) is 35.2 Å². The number of ether oxygens (including phenoxy) is 1. The number of carbonyl (C=O) groups is 1. The minimum Gasteiger partial charge on any atom is -0.490 e. The van der Waals surface area contributed by atoms with Gasteiger partial charge in [0.05, 0.1) is 11.1 Å². The van der Waals surface area contributed by atoms with Crippen LogP contribution in [0.3, 0.4) is 0 Å². The molecule has 0 saturated heterocycles. The van der Waals surface area contributed by atoms with Gasteiger partial charge in [-0.3, -0.25) is 5.41 Å². The molecule has 2 rings (SSSR count). The summed E-state index contributed by atoms with van der Waals surface area (Å²) in [4.78, 5) is 12.0. The smallest absolute Gasteiger partial charge is 0.330 e. The molecule has 0 aliphatic heterocycles. The van der Waals surface area contributed by atoms with Crippen LogP contribution in [0.25, 0.3) is 0 Å². The standard InChI is InChI=1S/C19H22BrN3O4/c1-2-11-9-14(17(15(20)10-11)27-8-7-24)16(19(25)26)23-13-5-3-12(4-6-13)18(21)22/h3-6,9-10,16,23-24H,2,7-8H2,1H3,(H3,21,22)(H,25,26). The Kier molecular flexibility index (Phi) is 7.20. The van der Waals surface area contributed by atoms with Crippen LogP contribution in [0.4, 0.5) is 5.69 Å². The van der Waals surface area contributed by atoms with Crippen molar-refractivity contribution in [2.24, 2.45) is 5.73 Å². The van der Waals surface area contributed by atoms with Gasteiger partial charge in [-0.2, -0.15) is 0 Å². The molecule has 0 fully saturated rings. The summed E-state index contributed by atoms with van der Waals surface area (Å²) in [7, 11) is 0. The van der Waals surface area contributed by atoms with Crippen LogP contribution in [-0.2, 0) is 11.2 Å². The molecule has 1 unspecified atom stereocenters. The van der Waals surface area contributed by atoms with E-state index in [2.05, 4.69) is 21.2 Å². The minimum absolute atomic E-state index is 0.0523. The quantitative estimate of drug-likeness (QED) is 0.304. The van der Waals surface area contributed by atoms with Gasteiger partial charge in [-0.25, -0.2) is 4.79 Å².